The molecule has 4 N–H and O–H groups in total. The zero-order chi connectivity index (χ0) is 23.7. The molecule has 0 unspecified atom stereocenters. The van der Waals surface area contributed by atoms with E-state index in [1.807, 2.05) is 0 Å². The first-order valence-electron chi connectivity index (χ1n) is 9.26. The number of aromatic amines is 1. The van der Waals surface area contributed by atoms with Gasteiger partial charge in [0, 0.05) is 6.20 Å². The summed E-state index contributed by atoms with van der Waals surface area (Å²) in [5.41, 5.74) is 4.21. The number of hydrogen-bond donors (Lipinski definition) is 3. The van der Waals surface area contributed by atoms with Gasteiger partial charge in [-0.05, 0) is 31.9 Å². The van der Waals surface area contributed by atoms with Crippen LogP contribution in [0.5, 0.6) is 0 Å². The minimum atomic E-state index is -4.68. The van der Waals surface area contributed by atoms with Crippen molar-refractivity contribution in [2.45, 2.75) is 51.1 Å². The Kier molecular flexibility index (Phi) is 6.29. The largest absolute Gasteiger partial charge is 0.435 e. The molecule has 1 amide bonds. The van der Waals surface area contributed by atoms with Crippen molar-refractivity contribution >= 4 is 5.91 Å². The van der Waals surface area contributed by atoms with Gasteiger partial charge in [0.25, 0.3) is 0 Å². The number of H-pyrrole nitrogens is 1. The number of carbonyl (C=O) groups is 1. The van der Waals surface area contributed by atoms with Gasteiger partial charge in [0.2, 0.25) is 5.91 Å². The van der Waals surface area contributed by atoms with Gasteiger partial charge in [-0.15, -0.1) is 0 Å². The van der Waals surface area contributed by atoms with E-state index in [9.17, 15) is 26.7 Å². The quantitative estimate of drug-likeness (QED) is 0.438. The fourth-order valence-electron chi connectivity index (χ4n) is 2.98. The molecule has 15 heteroatoms. The van der Waals surface area contributed by atoms with Crippen LogP contribution in [0.4, 0.5) is 22.0 Å². The maximum atomic E-state index is 13.2. The van der Waals surface area contributed by atoms with E-state index < -0.39 is 35.9 Å². The lowest BCUT2D eigenvalue weighted by atomic mass is 10.0. The van der Waals surface area contributed by atoms with E-state index in [1.54, 1.807) is 13.8 Å². The highest BCUT2D eigenvalue weighted by Crippen LogP contribution is 2.31. The normalized spacial score (nSPS) is 13.5. The molecule has 3 heterocycles. The smallest absolute Gasteiger partial charge is 0.348 e. The van der Waals surface area contributed by atoms with Crippen molar-refractivity contribution in [3.05, 3.63) is 35.9 Å². The minimum absolute atomic E-state index is 0.0529. The Balaban J connectivity index is 1.72. The highest BCUT2D eigenvalue weighted by molar-refractivity contribution is 5.82. The molecule has 0 fully saturated rings. The third kappa shape index (κ3) is 5.46. The van der Waals surface area contributed by atoms with Gasteiger partial charge in [-0.3, -0.25) is 9.48 Å². The minimum Gasteiger partial charge on any atom is -0.348 e. The van der Waals surface area contributed by atoms with Gasteiger partial charge >= 0.3 is 12.7 Å². The van der Waals surface area contributed by atoms with Crippen LogP contribution < -0.4 is 11.1 Å². The second-order valence-corrected chi connectivity index (χ2v) is 7.72. The molecule has 0 saturated carbocycles. The number of hydrogen-bond acceptors (Lipinski definition) is 6. The van der Waals surface area contributed by atoms with Crippen LogP contribution in [0.15, 0.2) is 24.7 Å². The second kappa shape index (κ2) is 8.64. The summed E-state index contributed by atoms with van der Waals surface area (Å²) < 4.78 is 66.2. The highest BCUT2D eigenvalue weighted by atomic mass is 19.4. The molecule has 0 aliphatic rings. The van der Waals surface area contributed by atoms with Gasteiger partial charge in [0.05, 0.1) is 36.2 Å². The number of nitrogens with two attached hydrogens (primary N) is 1. The molecule has 0 aliphatic carbocycles. The van der Waals surface area contributed by atoms with Gasteiger partial charge in [-0.1, -0.05) is 0 Å². The Bertz CT molecular complexity index is 1060. The number of alkyl halides is 5. The molecule has 1 atom stereocenters. The average Bonchev–Trinajstić information content (AvgIpc) is 3.40. The van der Waals surface area contributed by atoms with E-state index in [2.05, 4.69) is 30.9 Å². The number of rotatable bonds is 8. The zero-order valence-corrected chi connectivity index (χ0v) is 16.9. The summed E-state index contributed by atoms with van der Waals surface area (Å²) in [4.78, 5) is 12.5. The molecule has 3 aromatic heterocycles. The Hall–Kier alpha value is -3.36. The zero-order valence-electron chi connectivity index (χ0n) is 16.9. The SMILES string of the molecule is CC(C)(Cn1nc(C(F)(F)F)cc1-c1cn[nH]n1)NC(=O)[C@H](N)Cc1cnn(C(F)F)c1. The lowest BCUT2D eigenvalue weighted by molar-refractivity contribution is -0.141. The van der Waals surface area contributed by atoms with Crippen LogP contribution >= 0.6 is 0 Å². The van der Waals surface area contributed by atoms with Crippen molar-refractivity contribution in [1.82, 2.24) is 40.3 Å². The van der Waals surface area contributed by atoms with Crippen LogP contribution in [0, 0.1) is 0 Å². The van der Waals surface area contributed by atoms with Gasteiger partial charge < -0.3 is 11.1 Å². The van der Waals surface area contributed by atoms with Gasteiger partial charge in [0.15, 0.2) is 5.69 Å². The van der Waals surface area contributed by atoms with Crippen molar-refractivity contribution in [2.75, 3.05) is 0 Å². The lowest BCUT2D eigenvalue weighted by Crippen LogP contribution is -2.53. The van der Waals surface area contributed by atoms with Gasteiger partial charge in [-0.2, -0.15) is 47.6 Å². The van der Waals surface area contributed by atoms with Crippen molar-refractivity contribution in [3.8, 4) is 11.4 Å². The molecule has 0 aromatic carbocycles. The number of amides is 1. The standard InChI is InChI=1S/C17H20F5N9O/c1-16(2,26-14(32)10(23)3-9-5-25-30(7-9)15(18)19)8-31-12(11-6-24-29-27-11)4-13(28-31)17(20,21)22/h4-7,10,15H,3,8,23H2,1-2H3,(H,26,32)(H,24,27,29)/t10-/m1/s1. The van der Waals surface area contributed by atoms with Crippen LogP contribution in [0.3, 0.4) is 0 Å². The van der Waals surface area contributed by atoms with Crippen molar-refractivity contribution < 1.29 is 26.7 Å². The Morgan fingerprint density at radius 1 is 1.28 bits per heavy atom. The van der Waals surface area contributed by atoms with Crippen molar-refractivity contribution in [1.29, 1.82) is 0 Å². The monoisotopic (exact) mass is 461 g/mol. The molecule has 32 heavy (non-hydrogen) atoms. The Morgan fingerprint density at radius 3 is 2.56 bits per heavy atom. The number of nitrogens with one attached hydrogen (secondary N) is 2. The molecule has 0 spiro atoms. The molecular formula is C17H20F5N9O. The van der Waals surface area contributed by atoms with E-state index in [0.29, 0.717) is 10.2 Å². The van der Waals surface area contributed by atoms with Crippen LogP contribution in [0.1, 0.15) is 31.7 Å². The van der Waals surface area contributed by atoms with Crippen LogP contribution in [0.2, 0.25) is 0 Å². The third-order valence-electron chi connectivity index (χ3n) is 4.40. The predicted octanol–water partition coefficient (Wildman–Crippen LogP) is 1.74. The van der Waals surface area contributed by atoms with Crippen LogP contribution in [-0.4, -0.2) is 52.5 Å². The fourth-order valence-corrected chi connectivity index (χ4v) is 2.98. The van der Waals surface area contributed by atoms with E-state index in [1.165, 1.54) is 12.4 Å². The summed E-state index contributed by atoms with van der Waals surface area (Å²) in [6, 6.07) is -0.259. The van der Waals surface area contributed by atoms with E-state index >= 15 is 0 Å². The summed E-state index contributed by atoms with van der Waals surface area (Å²) >= 11 is 0. The lowest BCUT2D eigenvalue weighted by Gasteiger charge is -2.28. The maximum absolute atomic E-state index is 13.2. The van der Waals surface area contributed by atoms with Gasteiger partial charge in [-0.25, -0.2) is 4.68 Å². The first-order valence-corrected chi connectivity index (χ1v) is 9.26. The topological polar surface area (TPSA) is 132 Å². The molecule has 10 nitrogen and oxygen atoms in total. The highest BCUT2D eigenvalue weighted by Gasteiger charge is 2.36. The maximum Gasteiger partial charge on any atom is 0.435 e. The van der Waals surface area contributed by atoms with E-state index in [4.69, 9.17) is 5.73 Å². The predicted molar refractivity (Wildman–Crippen MR) is 100.0 cm³/mol. The number of halogens is 5. The second-order valence-electron chi connectivity index (χ2n) is 7.72. The summed E-state index contributed by atoms with van der Waals surface area (Å²) in [6.45, 7) is 0.192. The number of nitrogens with zero attached hydrogens (tertiary/aromatic N) is 6. The molecule has 3 rings (SSSR count). The number of carbonyl (C=O) groups excluding carboxylic acids is 1. The molecule has 174 valence electrons. The summed E-state index contributed by atoms with van der Waals surface area (Å²) in [5.74, 6) is -0.619. The molecule has 0 saturated heterocycles. The van der Waals surface area contributed by atoms with Crippen LogP contribution in [-0.2, 0) is 23.9 Å². The first-order chi connectivity index (χ1) is 14.9. The van der Waals surface area contributed by atoms with Crippen LogP contribution in [0.25, 0.3) is 11.4 Å². The first kappa shape index (κ1) is 23.3. The Labute approximate surface area is 178 Å². The van der Waals surface area contributed by atoms with Gasteiger partial charge in [0.1, 0.15) is 5.69 Å². The van der Waals surface area contributed by atoms with E-state index in [0.717, 1.165) is 16.9 Å². The molecule has 0 bridgehead atoms. The third-order valence-corrected chi connectivity index (χ3v) is 4.40. The van der Waals surface area contributed by atoms with Crippen molar-refractivity contribution in [3.63, 3.8) is 0 Å². The van der Waals surface area contributed by atoms with Crippen molar-refractivity contribution in [2.24, 2.45) is 5.73 Å². The molecular weight excluding hydrogens is 441 g/mol. The molecule has 3 aromatic rings. The summed E-state index contributed by atoms with van der Waals surface area (Å²) in [6.07, 6.45) is -1.23. The fraction of sp³-hybridized carbons (Fsp3) is 0.471. The van der Waals surface area contributed by atoms with E-state index in [-0.39, 0.29) is 24.4 Å². The molecule has 0 aliphatic heterocycles. The summed E-state index contributed by atoms with van der Waals surface area (Å²) in [5, 5.41) is 19.4. The number of aromatic nitrogens is 7. The Morgan fingerprint density at radius 2 is 2.00 bits per heavy atom. The molecule has 0 radical (unpaired) electrons. The summed E-state index contributed by atoms with van der Waals surface area (Å²) in [7, 11) is 0. The average molecular weight is 461 g/mol.